The number of anilines is 2. The number of methoxy groups -OCH3 is 1. The third-order valence-electron chi connectivity index (χ3n) is 5.10. The van der Waals surface area contributed by atoms with Crippen LogP contribution in [0.2, 0.25) is 0 Å². The van der Waals surface area contributed by atoms with Gasteiger partial charge in [0.2, 0.25) is 0 Å². The zero-order valence-corrected chi connectivity index (χ0v) is 16.8. The smallest absolute Gasteiger partial charge is 0.326 e. The molecule has 3 aromatic rings. The highest BCUT2D eigenvalue weighted by Crippen LogP contribution is 2.28. The van der Waals surface area contributed by atoms with Gasteiger partial charge in [-0.25, -0.2) is 9.78 Å². The van der Waals surface area contributed by atoms with E-state index < -0.39 is 11.9 Å². The van der Waals surface area contributed by atoms with Crippen molar-refractivity contribution in [3.63, 3.8) is 0 Å². The standard InChI is InChI=1S/C21H21N7O3/c1-31-16-5-3-2-4-12(16)10-22-17-9-18(24-14-6-7-14)28-19(26-17)13(11-23-28)8-15-20(29)27-21(30)25-15/h2-5,8-9,11,14,24H,6-7,10H2,1H3,(H,22,26)(H2,25,27,29,30)/b15-8-. The molecule has 5 rings (SSSR count). The van der Waals surface area contributed by atoms with Crippen LogP contribution >= 0.6 is 0 Å². The van der Waals surface area contributed by atoms with Gasteiger partial charge in [-0.15, -0.1) is 0 Å². The van der Waals surface area contributed by atoms with Gasteiger partial charge in [0.1, 0.15) is 23.1 Å². The van der Waals surface area contributed by atoms with Crippen molar-refractivity contribution in [1.82, 2.24) is 25.2 Å². The maximum atomic E-state index is 11.9. The van der Waals surface area contributed by atoms with E-state index in [-0.39, 0.29) is 5.70 Å². The molecule has 3 amide bonds. The van der Waals surface area contributed by atoms with Crippen LogP contribution in [0.1, 0.15) is 24.0 Å². The van der Waals surface area contributed by atoms with Gasteiger partial charge >= 0.3 is 6.03 Å². The number of nitrogens with one attached hydrogen (secondary N) is 4. The van der Waals surface area contributed by atoms with E-state index in [1.54, 1.807) is 23.9 Å². The van der Waals surface area contributed by atoms with E-state index in [0.717, 1.165) is 30.0 Å². The first-order valence-corrected chi connectivity index (χ1v) is 9.96. The Morgan fingerprint density at radius 3 is 2.84 bits per heavy atom. The summed E-state index contributed by atoms with van der Waals surface area (Å²) in [4.78, 5) is 28.0. The molecule has 0 radical (unpaired) electrons. The molecule has 1 saturated heterocycles. The number of benzene rings is 1. The van der Waals surface area contributed by atoms with Gasteiger partial charge < -0.3 is 20.7 Å². The summed E-state index contributed by atoms with van der Waals surface area (Å²) in [6.45, 7) is 0.527. The molecule has 2 aliphatic rings. The maximum Gasteiger partial charge on any atom is 0.326 e. The van der Waals surface area contributed by atoms with Crippen molar-refractivity contribution in [3.8, 4) is 5.75 Å². The lowest BCUT2D eigenvalue weighted by Gasteiger charge is -2.13. The van der Waals surface area contributed by atoms with Crippen LogP contribution in [0.4, 0.5) is 16.4 Å². The molecule has 1 saturated carbocycles. The number of para-hydroxylation sites is 1. The van der Waals surface area contributed by atoms with E-state index in [9.17, 15) is 9.59 Å². The van der Waals surface area contributed by atoms with Gasteiger partial charge in [-0.1, -0.05) is 18.2 Å². The maximum absolute atomic E-state index is 11.9. The van der Waals surface area contributed by atoms with Crippen molar-refractivity contribution in [2.45, 2.75) is 25.4 Å². The lowest BCUT2D eigenvalue weighted by Crippen LogP contribution is -2.22. The Bertz CT molecular complexity index is 1210. The van der Waals surface area contributed by atoms with Crippen molar-refractivity contribution >= 4 is 35.3 Å². The highest BCUT2D eigenvalue weighted by molar-refractivity contribution is 6.14. The minimum Gasteiger partial charge on any atom is -0.496 e. The number of hydrogen-bond acceptors (Lipinski definition) is 7. The molecule has 31 heavy (non-hydrogen) atoms. The number of nitrogens with zero attached hydrogens (tertiary/aromatic N) is 3. The molecule has 10 heteroatoms. The molecule has 2 fully saturated rings. The topological polar surface area (TPSA) is 122 Å². The van der Waals surface area contributed by atoms with Gasteiger partial charge in [-0.05, 0) is 25.0 Å². The molecule has 0 spiro atoms. The predicted octanol–water partition coefficient (Wildman–Crippen LogP) is 2.10. The van der Waals surface area contributed by atoms with Crippen LogP contribution in [-0.4, -0.2) is 39.7 Å². The van der Waals surface area contributed by atoms with Crippen LogP contribution in [0.3, 0.4) is 0 Å². The molecule has 1 aromatic carbocycles. The average Bonchev–Trinajstić information content (AvgIpc) is 3.41. The molecule has 1 aliphatic heterocycles. The number of urea groups is 1. The van der Waals surface area contributed by atoms with Crippen molar-refractivity contribution in [2.75, 3.05) is 17.7 Å². The largest absolute Gasteiger partial charge is 0.496 e. The van der Waals surface area contributed by atoms with Crippen LogP contribution in [0.5, 0.6) is 5.75 Å². The Morgan fingerprint density at radius 2 is 2.10 bits per heavy atom. The van der Waals surface area contributed by atoms with E-state index in [4.69, 9.17) is 9.72 Å². The minimum atomic E-state index is -0.545. The van der Waals surface area contributed by atoms with Gasteiger partial charge in [0.15, 0.2) is 5.65 Å². The molecule has 1 aliphatic carbocycles. The summed E-state index contributed by atoms with van der Waals surface area (Å²) >= 11 is 0. The summed E-state index contributed by atoms with van der Waals surface area (Å²) in [5.41, 5.74) is 2.34. The summed E-state index contributed by atoms with van der Waals surface area (Å²) in [5.74, 6) is 1.78. The summed E-state index contributed by atoms with van der Waals surface area (Å²) in [6.07, 6.45) is 5.41. The lowest BCUT2D eigenvalue weighted by molar-refractivity contribution is -0.115. The van der Waals surface area contributed by atoms with Gasteiger partial charge in [-0.3, -0.25) is 10.1 Å². The number of carbonyl (C=O) groups is 2. The number of carbonyl (C=O) groups excluding carboxylic acids is 2. The molecule has 158 valence electrons. The molecule has 4 N–H and O–H groups in total. The normalized spacial score (nSPS) is 17.0. The summed E-state index contributed by atoms with van der Waals surface area (Å²) in [7, 11) is 1.64. The van der Waals surface area contributed by atoms with E-state index in [0.29, 0.717) is 29.6 Å². The van der Waals surface area contributed by atoms with E-state index >= 15 is 0 Å². The fourth-order valence-corrected chi connectivity index (χ4v) is 3.38. The highest BCUT2D eigenvalue weighted by Gasteiger charge is 2.25. The lowest BCUT2D eigenvalue weighted by atomic mass is 10.2. The molecule has 0 atom stereocenters. The Labute approximate surface area is 177 Å². The fourth-order valence-electron chi connectivity index (χ4n) is 3.38. The first kappa shape index (κ1) is 18.9. The molecule has 10 nitrogen and oxygen atoms in total. The Balaban J connectivity index is 1.50. The van der Waals surface area contributed by atoms with Crippen molar-refractivity contribution in [1.29, 1.82) is 0 Å². The van der Waals surface area contributed by atoms with E-state index in [2.05, 4.69) is 26.4 Å². The van der Waals surface area contributed by atoms with Crippen LogP contribution in [0.25, 0.3) is 11.7 Å². The number of amides is 3. The van der Waals surface area contributed by atoms with Gasteiger partial charge in [0.25, 0.3) is 5.91 Å². The zero-order chi connectivity index (χ0) is 21.4. The monoisotopic (exact) mass is 419 g/mol. The second kappa shape index (κ2) is 7.63. The number of fused-ring (bicyclic) bond motifs is 1. The SMILES string of the molecule is COc1ccccc1CNc1cc(NC2CC2)n2ncc(/C=C3\NC(=O)NC3=O)c2n1. The molecule has 0 bridgehead atoms. The molecular weight excluding hydrogens is 398 g/mol. The first-order valence-electron chi connectivity index (χ1n) is 9.96. The van der Waals surface area contributed by atoms with Crippen LogP contribution in [0.15, 0.2) is 42.2 Å². The summed E-state index contributed by atoms with van der Waals surface area (Å²) < 4.78 is 7.12. The van der Waals surface area contributed by atoms with Crippen molar-refractivity contribution < 1.29 is 14.3 Å². The zero-order valence-electron chi connectivity index (χ0n) is 16.8. The van der Waals surface area contributed by atoms with Crippen molar-refractivity contribution in [3.05, 3.63) is 53.4 Å². The van der Waals surface area contributed by atoms with Gasteiger partial charge in [0, 0.05) is 29.8 Å². The van der Waals surface area contributed by atoms with Gasteiger partial charge in [-0.2, -0.15) is 9.61 Å². The van der Waals surface area contributed by atoms with Crippen molar-refractivity contribution in [2.24, 2.45) is 0 Å². The number of imide groups is 1. The van der Waals surface area contributed by atoms with E-state index in [1.807, 2.05) is 30.3 Å². The number of rotatable bonds is 7. The van der Waals surface area contributed by atoms with E-state index in [1.165, 1.54) is 0 Å². The van der Waals surface area contributed by atoms with Crippen LogP contribution in [0, 0.1) is 0 Å². The van der Waals surface area contributed by atoms with Crippen LogP contribution in [-0.2, 0) is 11.3 Å². The highest BCUT2D eigenvalue weighted by atomic mass is 16.5. The molecule has 2 aromatic heterocycles. The molecule has 3 heterocycles. The van der Waals surface area contributed by atoms with Gasteiger partial charge in [0.05, 0.1) is 13.3 Å². The summed E-state index contributed by atoms with van der Waals surface area (Å²) in [6, 6.07) is 9.57. The minimum absolute atomic E-state index is 0.158. The summed E-state index contributed by atoms with van der Waals surface area (Å²) in [5, 5.41) is 15.9. The predicted molar refractivity (Wildman–Crippen MR) is 115 cm³/mol. The number of hydrogen-bond donors (Lipinski definition) is 4. The number of ether oxygens (including phenoxy) is 1. The first-order chi connectivity index (χ1) is 15.1. The molecular formula is C21H21N7O3. The Hall–Kier alpha value is -4.08. The Morgan fingerprint density at radius 1 is 1.26 bits per heavy atom. The second-order valence-electron chi connectivity index (χ2n) is 7.41. The third kappa shape index (κ3) is 3.87. The fraction of sp³-hybridized carbons (Fsp3) is 0.238. The van der Waals surface area contributed by atoms with Crippen LogP contribution < -0.4 is 26.0 Å². The number of aromatic nitrogens is 3. The quantitative estimate of drug-likeness (QED) is 0.342. The Kier molecular flexibility index (Phi) is 4.66. The average molecular weight is 419 g/mol. The third-order valence-corrected chi connectivity index (χ3v) is 5.10. The molecule has 0 unspecified atom stereocenters. The second-order valence-corrected chi connectivity index (χ2v) is 7.41.